The Labute approximate surface area is 103 Å². The second kappa shape index (κ2) is 4.17. The highest BCUT2D eigenvalue weighted by atomic mass is 79.9. The van der Waals surface area contributed by atoms with E-state index in [1.54, 1.807) is 0 Å². The first-order chi connectivity index (χ1) is 7.99. The van der Waals surface area contributed by atoms with E-state index in [1.807, 2.05) is 0 Å². The maximum atomic E-state index is 12.9. The minimum Gasteiger partial charge on any atom is -0.504 e. The Morgan fingerprint density at radius 2 is 2.18 bits per heavy atom. The van der Waals surface area contributed by atoms with Gasteiger partial charge in [0.15, 0.2) is 5.75 Å². The molecule has 0 saturated heterocycles. The van der Waals surface area contributed by atoms with Crippen molar-refractivity contribution < 1.29 is 19.4 Å². The molecule has 0 bridgehead atoms. The molecular weight excluding hydrogens is 295 g/mol. The quantitative estimate of drug-likeness (QED) is 0.891. The molecule has 1 aromatic heterocycles. The maximum Gasteiger partial charge on any atom is 0.360 e. The predicted molar refractivity (Wildman–Crippen MR) is 59.8 cm³/mol. The Morgan fingerprint density at radius 1 is 1.47 bits per heavy atom. The monoisotopic (exact) mass is 300 g/mol. The van der Waals surface area contributed by atoms with E-state index in [2.05, 4.69) is 21.0 Å². The van der Waals surface area contributed by atoms with Gasteiger partial charge in [-0.3, -0.25) is 0 Å². The van der Waals surface area contributed by atoms with E-state index in [9.17, 15) is 14.3 Å². The van der Waals surface area contributed by atoms with E-state index >= 15 is 0 Å². The lowest BCUT2D eigenvalue weighted by Gasteiger charge is -2.03. The number of aromatic hydroxyl groups is 1. The highest BCUT2D eigenvalue weighted by Crippen LogP contribution is 2.24. The second-order valence-electron chi connectivity index (χ2n) is 3.21. The van der Waals surface area contributed by atoms with Crippen LogP contribution in [-0.2, 0) is 0 Å². The fourth-order valence-electron chi connectivity index (χ4n) is 1.31. The number of aromatic nitrogens is 2. The van der Waals surface area contributed by atoms with Crippen LogP contribution in [0.1, 0.15) is 10.5 Å². The molecule has 0 aliphatic heterocycles. The number of carboxylic acid groups (broad SMARTS) is 1. The van der Waals surface area contributed by atoms with Gasteiger partial charge in [0, 0.05) is 4.47 Å². The lowest BCUT2D eigenvalue weighted by molar-refractivity contribution is 0.0687. The van der Waals surface area contributed by atoms with Gasteiger partial charge in [0.2, 0.25) is 5.69 Å². The van der Waals surface area contributed by atoms with Crippen LogP contribution < -0.4 is 0 Å². The molecule has 0 saturated carbocycles. The molecule has 0 aliphatic rings. The van der Waals surface area contributed by atoms with Crippen molar-refractivity contribution in [1.29, 1.82) is 0 Å². The summed E-state index contributed by atoms with van der Waals surface area (Å²) in [5.74, 6) is -2.22. The highest BCUT2D eigenvalue weighted by molar-refractivity contribution is 9.10. The number of halogens is 2. The van der Waals surface area contributed by atoms with Crippen molar-refractivity contribution in [1.82, 2.24) is 9.78 Å². The van der Waals surface area contributed by atoms with Crippen LogP contribution in [0.15, 0.2) is 28.9 Å². The Bertz CT molecular complexity index is 597. The Morgan fingerprint density at radius 3 is 2.71 bits per heavy atom. The first kappa shape index (κ1) is 11.6. The van der Waals surface area contributed by atoms with Crippen molar-refractivity contribution in [2.45, 2.75) is 0 Å². The molecule has 0 fully saturated rings. The normalized spacial score (nSPS) is 10.5. The number of carboxylic acids is 1. The van der Waals surface area contributed by atoms with Crippen LogP contribution in [0.3, 0.4) is 0 Å². The SMILES string of the molecule is O=C(O)c1nn(-c2ccc(F)cc2Br)cc1O. The van der Waals surface area contributed by atoms with E-state index in [4.69, 9.17) is 5.11 Å². The third kappa shape index (κ3) is 2.14. The van der Waals surface area contributed by atoms with Crippen molar-refractivity contribution in [3.05, 3.63) is 40.4 Å². The molecular formula is C10H6BrFN2O3. The highest BCUT2D eigenvalue weighted by Gasteiger charge is 2.16. The van der Waals surface area contributed by atoms with E-state index in [0.717, 1.165) is 10.9 Å². The van der Waals surface area contributed by atoms with Crippen molar-refractivity contribution >= 4 is 21.9 Å². The van der Waals surface area contributed by atoms with Crippen LogP contribution in [0.4, 0.5) is 4.39 Å². The number of hydrogen-bond acceptors (Lipinski definition) is 3. The molecule has 2 rings (SSSR count). The van der Waals surface area contributed by atoms with Crippen molar-refractivity contribution in [2.24, 2.45) is 0 Å². The van der Waals surface area contributed by atoms with Gasteiger partial charge in [-0.1, -0.05) is 0 Å². The third-order valence-electron chi connectivity index (χ3n) is 2.05. The molecule has 0 atom stereocenters. The molecule has 0 amide bonds. The first-order valence-electron chi connectivity index (χ1n) is 4.46. The number of rotatable bonds is 2. The summed E-state index contributed by atoms with van der Waals surface area (Å²) in [6, 6.07) is 3.84. The minimum atomic E-state index is -1.33. The average Bonchev–Trinajstić information content (AvgIpc) is 2.60. The zero-order chi connectivity index (χ0) is 12.6. The topological polar surface area (TPSA) is 75.3 Å². The molecule has 5 nitrogen and oxygen atoms in total. The zero-order valence-electron chi connectivity index (χ0n) is 8.26. The fourth-order valence-corrected chi connectivity index (χ4v) is 1.84. The van der Waals surface area contributed by atoms with Crippen LogP contribution >= 0.6 is 15.9 Å². The van der Waals surface area contributed by atoms with Crippen LogP contribution in [0, 0.1) is 5.82 Å². The van der Waals surface area contributed by atoms with Crippen molar-refractivity contribution in [2.75, 3.05) is 0 Å². The lowest BCUT2D eigenvalue weighted by atomic mass is 10.3. The molecule has 1 heterocycles. The summed E-state index contributed by atoms with van der Waals surface area (Å²) in [4.78, 5) is 10.7. The zero-order valence-corrected chi connectivity index (χ0v) is 9.85. The van der Waals surface area contributed by atoms with Gasteiger partial charge in [0.05, 0.1) is 11.9 Å². The standard InChI is InChI=1S/C10H6BrFN2O3/c11-6-3-5(12)1-2-7(6)14-4-8(15)9(13-14)10(16)17/h1-4,15H,(H,16,17). The van der Waals surface area contributed by atoms with Crippen molar-refractivity contribution in [3.8, 4) is 11.4 Å². The average molecular weight is 301 g/mol. The molecule has 17 heavy (non-hydrogen) atoms. The van der Waals surface area contributed by atoms with Gasteiger partial charge < -0.3 is 10.2 Å². The number of nitrogens with zero attached hydrogens (tertiary/aromatic N) is 2. The van der Waals surface area contributed by atoms with Crippen LogP contribution in [0.25, 0.3) is 5.69 Å². The summed E-state index contributed by atoms with van der Waals surface area (Å²) in [6.45, 7) is 0. The summed E-state index contributed by atoms with van der Waals surface area (Å²) in [7, 11) is 0. The molecule has 0 radical (unpaired) electrons. The molecule has 7 heteroatoms. The largest absolute Gasteiger partial charge is 0.504 e. The number of carbonyl (C=O) groups is 1. The van der Waals surface area contributed by atoms with E-state index in [1.165, 1.54) is 18.2 Å². The minimum absolute atomic E-state index is 0.400. The Hall–Kier alpha value is -1.89. The third-order valence-corrected chi connectivity index (χ3v) is 2.69. The van der Waals surface area contributed by atoms with Gasteiger partial charge in [0.25, 0.3) is 0 Å². The van der Waals surface area contributed by atoms with E-state index < -0.39 is 23.2 Å². The van der Waals surface area contributed by atoms with Gasteiger partial charge >= 0.3 is 5.97 Å². The summed E-state index contributed by atoms with van der Waals surface area (Å²) in [5, 5.41) is 21.8. The van der Waals surface area contributed by atoms with Gasteiger partial charge in [-0.05, 0) is 34.1 Å². The second-order valence-corrected chi connectivity index (χ2v) is 4.06. The van der Waals surface area contributed by atoms with Crippen LogP contribution in [0.5, 0.6) is 5.75 Å². The van der Waals surface area contributed by atoms with Crippen molar-refractivity contribution in [3.63, 3.8) is 0 Å². The molecule has 0 aliphatic carbocycles. The van der Waals surface area contributed by atoms with Crippen LogP contribution in [0.2, 0.25) is 0 Å². The maximum absolute atomic E-state index is 12.9. The fraction of sp³-hybridized carbons (Fsp3) is 0. The first-order valence-corrected chi connectivity index (χ1v) is 5.25. The van der Waals surface area contributed by atoms with E-state index in [0.29, 0.717) is 10.2 Å². The van der Waals surface area contributed by atoms with Gasteiger partial charge in [-0.15, -0.1) is 0 Å². The lowest BCUT2D eigenvalue weighted by Crippen LogP contribution is -2.01. The number of benzene rings is 1. The Balaban J connectivity index is 2.53. The predicted octanol–water partition coefficient (Wildman–Crippen LogP) is 2.18. The van der Waals surface area contributed by atoms with Gasteiger partial charge in [-0.25, -0.2) is 13.9 Å². The molecule has 0 unspecified atom stereocenters. The summed E-state index contributed by atoms with van der Waals surface area (Å²) in [6.07, 6.45) is 1.14. The van der Waals surface area contributed by atoms with Gasteiger partial charge in [-0.2, -0.15) is 5.10 Å². The summed E-state index contributed by atoms with van der Waals surface area (Å²) < 4.78 is 14.4. The summed E-state index contributed by atoms with van der Waals surface area (Å²) in [5.41, 5.74) is -0.0320. The molecule has 0 spiro atoms. The molecule has 88 valence electrons. The Kier molecular flexibility index (Phi) is 2.84. The number of hydrogen-bond donors (Lipinski definition) is 2. The van der Waals surface area contributed by atoms with Gasteiger partial charge in [0.1, 0.15) is 5.82 Å². The van der Waals surface area contributed by atoms with E-state index in [-0.39, 0.29) is 0 Å². The summed E-state index contributed by atoms with van der Waals surface area (Å²) >= 11 is 3.12. The number of aromatic carboxylic acids is 1. The van der Waals surface area contributed by atoms with Crippen LogP contribution in [-0.4, -0.2) is 26.0 Å². The molecule has 2 N–H and O–H groups in total. The smallest absolute Gasteiger partial charge is 0.360 e. The molecule has 2 aromatic rings. The molecule has 1 aromatic carbocycles.